The highest BCUT2D eigenvalue weighted by molar-refractivity contribution is 5.89. The van der Waals surface area contributed by atoms with E-state index in [1.807, 2.05) is 79.7 Å². The molecule has 0 N–H and O–H groups in total. The number of carbonyl (C=O) groups excluding carboxylic acids is 2. The second kappa shape index (κ2) is 13.2. The number of rotatable bonds is 11. The Kier molecular flexibility index (Phi) is 9.25. The normalized spacial score (nSPS) is 13.2. The molecule has 3 atom stereocenters. The standard InChI is InChI=1S/C33H32O4/c1-25(37-33(35)29-20-12-5-13-21-29)31(27-16-8-3-9-17-27)23-22-30(26-14-6-2-7-15-26)24-36-32(34)28-18-10-4-11-19-28/h2-21,25,30-31H,22-24H2,1H3. The van der Waals surface area contributed by atoms with Gasteiger partial charge in [0, 0.05) is 11.8 Å². The average molecular weight is 493 g/mol. The molecule has 3 unspecified atom stereocenters. The van der Waals surface area contributed by atoms with E-state index in [1.54, 1.807) is 24.3 Å². The maximum Gasteiger partial charge on any atom is 0.338 e. The first-order chi connectivity index (χ1) is 18.1. The fourth-order valence-corrected chi connectivity index (χ4v) is 4.55. The maximum absolute atomic E-state index is 12.8. The Hall–Kier alpha value is -4.18. The van der Waals surface area contributed by atoms with E-state index in [1.165, 1.54) is 0 Å². The van der Waals surface area contributed by atoms with Gasteiger partial charge in [-0.15, -0.1) is 0 Å². The maximum atomic E-state index is 12.8. The van der Waals surface area contributed by atoms with Gasteiger partial charge in [-0.3, -0.25) is 0 Å². The smallest absolute Gasteiger partial charge is 0.338 e. The van der Waals surface area contributed by atoms with Crippen molar-refractivity contribution in [1.29, 1.82) is 0 Å². The van der Waals surface area contributed by atoms with Crippen LogP contribution in [0.4, 0.5) is 0 Å². The third-order valence-corrected chi connectivity index (χ3v) is 6.62. The Bertz CT molecular complexity index is 1240. The van der Waals surface area contributed by atoms with Crippen molar-refractivity contribution in [3.05, 3.63) is 144 Å². The van der Waals surface area contributed by atoms with Crippen LogP contribution in [-0.4, -0.2) is 24.6 Å². The first-order valence-electron chi connectivity index (χ1n) is 12.7. The molecule has 0 aromatic heterocycles. The summed E-state index contributed by atoms with van der Waals surface area (Å²) in [6, 6.07) is 38.4. The van der Waals surface area contributed by atoms with Crippen LogP contribution in [0.3, 0.4) is 0 Å². The molecule has 4 aromatic carbocycles. The highest BCUT2D eigenvalue weighted by Crippen LogP contribution is 2.32. The van der Waals surface area contributed by atoms with Gasteiger partial charge in [-0.1, -0.05) is 97.1 Å². The predicted octanol–water partition coefficient (Wildman–Crippen LogP) is 7.44. The van der Waals surface area contributed by atoms with Crippen LogP contribution in [0, 0.1) is 0 Å². The summed E-state index contributed by atoms with van der Waals surface area (Å²) in [4.78, 5) is 25.4. The van der Waals surface area contributed by atoms with Crippen LogP contribution >= 0.6 is 0 Å². The van der Waals surface area contributed by atoms with Crippen LogP contribution in [0.25, 0.3) is 0 Å². The largest absolute Gasteiger partial charge is 0.461 e. The fourth-order valence-electron chi connectivity index (χ4n) is 4.55. The molecule has 0 saturated carbocycles. The Balaban J connectivity index is 1.49. The molecule has 4 nitrogen and oxygen atoms in total. The molecule has 0 aliphatic heterocycles. The Morgan fingerprint density at radius 3 is 1.59 bits per heavy atom. The molecule has 4 heteroatoms. The number of hydrogen-bond donors (Lipinski definition) is 0. The highest BCUT2D eigenvalue weighted by atomic mass is 16.5. The van der Waals surface area contributed by atoms with E-state index >= 15 is 0 Å². The lowest BCUT2D eigenvalue weighted by molar-refractivity contribution is 0.0262. The zero-order valence-electron chi connectivity index (χ0n) is 21.0. The van der Waals surface area contributed by atoms with Crippen LogP contribution in [0.15, 0.2) is 121 Å². The van der Waals surface area contributed by atoms with Gasteiger partial charge in [-0.2, -0.15) is 0 Å². The summed E-state index contributed by atoms with van der Waals surface area (Å²) in [6.45, 7) is 2.23. The zero-order valence-corrected chi connectivity index (χ0v) is 21.0. The monoisotopic (exact) mass is 492 g/mol. The minimum absolute atomic E-state index is 0.00935. The van der Waals surface area contributed by atoms with Gasteiger partial charge in [0.05, 0.1) is 17.7 Å². The van der Waals surface area contributed by atoms with Crippen molar-refractivity contribution in [3.63, 3.8) is 0 Å². The predicted molar refractivity (Wildman–Crippen MR) is 146 cm³/mol. The Morgan fingerprint density at radius 2 is 1.05 bits per heavy atom. The molecule has 4 rings (SSSR count). The van der Waals surface area contributed by atoms with Gasteiger partial charge >= 0.3 is 11.9 Å². The summed E-state index contributed by atoms with van der Waals surface area (Å²) >= 11 is 0. The molecule has 0 fully saturated rings. The van der Waals surface area contributed by atoms with Gasteiger partial charge in [-0.05, 0) is 55.2 Å². The van der Waals surface area contributed by atoms with Crippen molar-refractivity contribution in [2.75, 3.05) is 6.61 Å². The highest BCUT2D eigenvalue weighted by Gasteiger charge is 2.26. The van der Waals surface area contributed by atoms with Gasteiger partial charge in [0.15, 0.2) is 0 Å². The van der Waals surface area contributed by atoms with Crippen molar-refractivity contribution < 1.29 is 19.1 Å². The Labute approximate surface area is 218 Å². The molecule has 0 spiro atoms. The first-order valence-corrected chi connectivity index (χ1v) is 12.7. The van der Waals surface area contributed by atoms with Crippen LogP contribution in [0.2, 0.25) is 0 Å². The topological polar surface area (TPSA) is 52.6 Å². The first kappa shape index (κ1) is 25.9. The average Bonchev–Trinajstić information content (AvgIpc) is 2.96. The zero-order chi connectivity index (χ0) is 25.9. The number of carbonyl (C=O) groups is 2. The van der Waals surface area contributed by atoms with Crippen LogP contribution in [0.1, 0.15) is 63.4 Å². The van der Waals surface area contributed by atoms with E-state index in [0.717, 1.165) is 24.0 Å². The molecule has 0 radical (unpaired) electrons. The lowest BCUT2D eigenvalue weighted by Gasteiger charge is -2.27. The molecule has 0 aliphatic carbocycles. The molecule has 0 bridgehead atoms. The van der Waals surface area contributed by atoms with E-state index in [9.17, 15) is 9.59 Å². The molecular weight excluding hydrogens is 460 g/mol. The molecule has 0 amide bonds. The van der Waals surface area contributed by atoms with Gasteiger partial charge in [-0.25, -0.2) is 9.59 Å². The van der Waals surface area contributed by atoms with Crippen LogP contribution in [0.5, 0.6) is 0 Å². The summed E-state index contributed by atoms with van der Waals surface area (Å²) in [5.74, 6) is -0.654. The summed E-state index contributed by atoms with van der Waals surface area (Å²) in [5.41, 5.74) is 3.31. The van der Waals surface area contributed by atoms with Crippen molar-refractivity contribution >= 4 is 11.9 Å². The van der Waals surface area contributed by atoms with Crippen molar-refractivity contribution in [2.24, 2.45) is 0 Å². The summed E-state index contributed by atoms with van der Waals surface area (Å²) in [6.07, 6.45) is 1.19. The van der Waals surface area contributed by atoms with Gasteiger partial charge in [0.1, 0.15) is 6.10 Å². The van der Waals surface area contributed by atoms with E-state index in [4.69, 9.17) is 9.47 Å². The number of hydrogen-bond acceptors (Lipinski definition) is 4. The van der Waals surface area contributed by atoms with Gasteiger partial charge < -0.3 is 9.47 Å². The molecule has 0 aliphatic rings. The second-order valence-electron chi connectivity index (χ2n) is 9.14. The summed E-state index contributed by atoms with van der Waals surface area (Å²) < 4.78 is 11.7. The van der Waals surface area contributed by atoms with Crippen molar-refractivity contribution in [3.8, 4) is 0 Å². The lowest BCUT2D eigenvalue weighted by atomic mass is 9.85. The number of esters is 2. The van der Waals surface area contributed by atoms with E-state index in [-0.39, 0.29) is 36.5 Å². The molecular formula is C33H32O4. The molecule has 188 valence electrons. The molecule has 4 aromatic rings. The third-order valence-electron chi connectivity index (χ3n) is 6.62. The second-order valence-corrected chi connectivity index (χ2v) is 9.14. The Morgan fingerprint density at radius 1 is 0.595 bits per heavy atom. The van der Waals surface area contributed by atoms with Gasteiger partial charge in [0.2, 0.25) is 0 Å². The van der Waals surface area contributed by atoms with Crippen LogP contribution < -0.4 is 0 Å². The van der Waals surface area contributed by atoms with Gasteiger partial charge in [0.25, 0.3) is 0 Å². The summed E-state index contributed by atoms with van der Waals surface area (Å²) in [5, 5.41) is 0. The molecule has 0 heterocycles. The summed E-state index contributed by atoms with van der Waals surface area (Å²) in [7, 11) is 0. The van der Waals surface area contributed by atoms with Crippen molar-refractivity contribution in [1.82, 2.24) is 0 Å². The van der Waals surface area contributed by atoms with E-state index < -0.39 is 0 Å². The van der Waals surface area contributed by atoms with E-state index in [2.05, 4.69) is 24.3 Å². The minimum atomic E-state index is -0.335. The molecule has 0 saturated heterocycles. The number of ether oxygens (including phenoxy) is 2. The van der Waals surface area contributed by atoms with E-state index in [0.29, 0.717) is 11.1 Å². The van der Waals surface area contributed by atoms with Crippen LogP contribution in [-0.2, 0) is 9.47 Å². The number of benzene rings is 4. The fraction of sp³-hybridized carbons (Fsp3) is 0.212. The molecule has 37 heavy (non-hydrogen) atoms. The minimum Gasteiger partial charge on any atom is -0.461 e. The van der Waals surface area contributed by atoms with Crippen molar-refractivity contribution in [2.45, 2.75) is 37.7 Å². The lowest BCUT2D eigenvalue weighted by Crippen LogP contribution is -2.24. The SMILES string of the molecule is CC(OC(=O)c1ccccc1)C(CCC(COC(=O)c1ccccc1)c1ccccc1)c1ccccc1. The third kappa shape index (κ3) is 7.40. The quantitative estimate of drug-likeness (QED) is 0.204.